The highest BCUT2D eigenvalue weighted by Crippen LogP contribution is 2.42. The fourth-order valence-electron chi connectivity index (χ4n) is 2.73. The first kappa shape index (κ1) is 17.3. The molecule has 0 N–H and O–H groups in total. The molecule has 0 aliphatic rings. The van der Waals surface area contributed by atoms with Crippen LogP contribution in [0.25, 0.3) is 11.1 Å². The maximum atomic E-state index is 14.0. The van der Waals surface area contributed by atoms with E-state index in [0.717, 1.165) is 0 Å². The number of halogens is 4. The van der Waals surface area contributed by atoms with E-state index >= 15 is 0 Å². The smallest absolute Gasteiger partial charge is 0.166 e. The fraction of sp³-hybridized carbons (Fsp3) is 0.0476. The molecular formula is C21H14ClF3. The maximum Gasteiger partial charge on any atom is 0.417 e. The molecule has 0 heterocycles. The van der Waals surface area contributed by atoms with E-state index in [-0.39, 0.29) is 11.1 Å². The minimum Gasteiger partial charge on any atom is -0.166 e. The summed E-state index contributed by atoms with van der Waals surface area (Å²) in [4.78, 5) is 0. The highest BCUT2D eigenvalue weighted by Gasteiger charge is 2.38. The molecule has 0 fully saturated rings. The Morgan fingerprint density at radius 3 is 1.44 bits per heavy atom. The van der Waals surface area contributed by atoms with Gasteiger partial charge in [0.15, 0.2) is 0 Å². The zero-order valence-electron chi connectivity index (χ0n) is 13.1. The second-order valence-electron chi connectivity index (χ2n) is 5.49. The van der Waals surface area contributed by atoms with E-state index in [2.05, 4.69) is 0 Å². The molecule has 0 radical (unpaired) electrons. The lowest BCUT2D eigenvalue weighted by Gasteiger charge is -2.19. The number of hydrogen-bond acceptors (Lipinski definition) is 0. The Morgan fingerprint density at radius 2 is 1.04 bits per heavy atom. The Labute approximate surface area is 149 Å². The molecule has 3 aromatic rings. The number of benzene rings is 3. The van der Waals surface area contributed by atoms with Crippen LogP contribution in [0.5, 0.6) is 0 Å². The van der Waals surface area contributed by atoms with E-state index in [1.54, 1.807) is 60.7 Å². The maximum absolute atomic E-state index is 14.0. The number of allylic oxidation sites excluding steroid dienone is 1. The van der Waals surface area contributed by atoms with E-state index in [1.807, 2.05) is 0 Å². The summed E-state index contributed by atoms with van der Waals surface area (Å²) in [6.07, 6.45) is -4.52. The van der Waals surface area contributed by atoms with Crippen molar-refractivity contribution in [3.8, 4) is 0 Å². The largest absolute Gasteiger partial charge is 0.417 e. The Bertz CT molecular complexity index is 823. The first-order chi connectivity index (χ1) is 12.0. The predicted molar refractivity (Wildman–Crippen MR) is 96.3 cm³/mol. The number of hydrogen-bond donors (Lipinski definition) is 0. The molecule has 0 saturated heterocycles. The van der Waals surface area contributed by atoms with Crippen molar-refractivity contribution >= 4 is 22.7 Å². The van der Waals surface area contributed by atoms with Gasteiger partial charge in [-0.1, -0.05) is 84.4 Å². The van der Waals surface area contributed by atoms with Gasteiger partial charge in [0.05, 0.1) is 5.57 Å². The molecule has 0 nitrogen and oxygen atoms in total. The molecule has 0 aliphatic heterocycles. The lowest BCUT2D eigenvalue weighted by molar-refractivity contribution is -0.0685. The van der Waals surface area contributed by atoms with Gasteiger partial charge in [-0.3, -0.25) is 0 Å². The minimum absolute atomic E-state index is 0.0830. The predicted octanol–water partition coefficient (Wildman–Crippen LogP) is 6.86. The van der Waals surface area contributed by atoms with Crippen LogP contribution in [-0.2, 0) is 0 Å². The molecule has 126 valence electrons. The highest BCUT2D eigenvalue weighted by atomic mass is 35.5. The molecule has 4 heteroatoms. The summed E-state index contributed by atoms with van der Waals surface area (Å²) in [5.74, 6) is 0. The van der Waals surface area contributed by atoms with Crippen LogP contribution in [0.3, 0.4) is 0 Å². The van der Waals surface area contributed by atoms with Gasteiger partial charge in [0.2, 0.25) is 0 Å². The summed E-state index contributed by atoms with van der Waals surface area (Å²) < 4.78 is 42.1. The zero-order valence-corrected chi connectivity index (χ0v) is 13.9. The molecule has 0 unspecified atom stereocenters. The number of rotatable bonds is 3. The van der Waals surface area contributed by atoms with Gasteiger partial charge in [0.1, 0.15) is 0 Å². The van der Waals surface area contributed by atoms with Gasteiger partial charge in [-0.25, -0.2) is 0 Å². The Morgan fingerprint density at radius 1 is 0.600 bits per heavy atom. The Balaban J connectivity index is 2.37. The summed E-state index contributed by atoms with van der Waals surface area (Å²) in [7, 11) is 0. The lowest BCUT2D eigenvalue weighted by atomic mass is 9.89. The molecule has 3 rings (SSSR count). The van der Waals surface area contributed by atoms with Gasteiger partial charge in [0.25, 0.3) is 0 Å². The van der Waals surface area contributed by atoms with Gasteiger partial charge < -0.3 is 0 Å². The molecule has 3 aromatic carbocycles. The van der Waals surface area contributed by atoms with E-state index in [1.165, 1.54) is 24.3 Å². The van der Waals surface area contributed by atoms with Crippen molar-refractivity contribution in [2.24, 2.45) is 0 Å². The molecule has 0 atom stereocenters. The van der Waals surface area contributed by atoms with Gasteiger partial charge in [-0.15, -0.1) is 0 Å². The summed E-state index contributed by atoms with van der Waals surface area (Å²) in [5, 5.41) is 0.395. The van der Waals surface area contributed by atoms with E-state index in [0.29, 0.717) is 16.1 Å². The minimum atomic E-state index is -4.52. The highest BCUT2D eigenvalue weighted by molar-refractivity contribution is 6.30. The fourth-order valence-corrected chi connectivity index (χ4v) is 2.86. The molecule has 25 heavy (non-hydrogen) atoms. The molecule has 0 amide bonds. The molecule has 0 aliphatic carbocycles. The Hall–Kier alpha value is -2.52. The van der Waals surface area contributed by atoms with Gasteiger partial charge >= 0.3 is 6.18 Å². The summed E-state index contributed by atoms with van der Waals surface area (Å²) in [6, 6.07) is 23.0. The van der Waals surface area contributed by atoms with Crippen molar-refractivity contribution in [2.75, 3.05) is 0 Å². The summed E-state index contributed by atoms with van der Waals surface area (Å²) in [6.45, 7) is 0. The van der Waals surface area contributed by atoms with Crippen LogP contribution >= 0.6 is 11.6 Å². The molecule has 0 aromatic heterocycles. The van der Waals surface area contributed by atoms with Gasteiger partial charge in [-0.2, -0.15) is 13.2 Å². The van der Waals surface area contributed by atoms with E-state index in [9.17, 15) is 13.2 Å². The second kappa shape index (κ2) is 7.16. The van der Waals surface area contributed by atoms with Crippen molar-refractivity contribution in [1.82, 2.24) is 0 Å². The van der Waals surface area contributed by atoms with Crippen molar-refractivity contribution in [3.63, 3.8) is 0 Å². The topological polar surface area (TPSA) is 0 Å². The first-order valence-electron chi connectivity index (χ1n) is 7.65. The summed E-state index contributed by atoms with van der Waals surface area (Å²) in [5.41, 5.74) is 0.573. The van der Waals surface area contributed by atoms with Crippen LogP contribution in [0, 0.1) is 0 Å². The molecule has 0 bridgehead atoms. The second-order valence-corrected chi connectivity index (χ2v) is 5.92. The quantitative estimate of drug-likeness (QED) is 0.448. The molecular weight excluding hydrogens is 345 g/mol. The Kier molecular flexibility index (Phi) is 4.95. The van der Waals surface area contributed by atoms with Crippen LogP contribution in [0.15, 0.2) is 84.9 Å². The number of alkyl halides is 3. The van der Waals surface area contributed by atoms with Crippen LogP contribution in [-0.4, -0.2) is 6.18 Å². The van der Waals surface area contributed by atoms with Crippen molar-refractivity contribution < 1.29 is 13.2 Å². The van der Waals surface area contributed by atoms with E-state index < -0.39 is 11.7 Å². The van der Waals surface area contributed by atoms with Crippen LogP contribution in [0.2, 0.25) is 5.02 Å². The van der Waals surface area contributed by atoms with Crippen LogP contribution in [0.1, 0.15) is 16.7 Å². The van der Waals surface area contributed by atoms with Gasteiger partial charge in [0, 0.05) is 10.6 Å². The average molecular weight is 359 g/mol. The van der Waals surface area contributed by atoms with E-state index in [4.69, 9.17) is 11.6 Å². The van der Waals surface area contributed by atoms with Crippen molar-refractivity contribution in [3.05, 3.63) is 107 Å². The summed E-state index contributed by atoms with van der Waals surface area (Å²) >= 11 is 5.85. The normalized spacial score (nSPS) is 11.2. The third-order valence-electron chi connectivity index (χ3n) is 3.79. The standard InChI is InChI=1S/C21H14ClF3/c22-18-13-11-17(12-14-18)20(21(23,24)25)19(15-7-3-1-4-8-15)16-9-5-2-6-10-16/h1-14H. The monoisotopic (exact) mass is 358 g/mol. The van der Waals surface area contributed by atoms with Crippen LogP contribution < -0.4 is 0 Å². The van der Waals surface area contributed by atoms with Crippen LogP contribution in [0.4, 0.5) is 13.2 Å². The molecule has 0 saturated carbocycles. The zero-order chi connectivity index (χ0) is 17.9. The lowest BCUT2D eigenvalue weighted by Crippen LogP contribution is -2.14. The molecule has 0 spiro atoms. The van der Waals surface area contributed by atoms with Gasteiger partial charge in [-0.05, 0) is 28.8 Å². The average Bonchev–Trinajstić information content (AvgIpc) is 2.61. The van der Waals surface area contributed by atoms with Crippen molar-refractivity contribution in [1.29, 1.82) is 0 Å². The van der Waals surface area contributed by atoms with Crippen molar-refractivity contribution in [2.45, 2.75) is 6.18 Å². The SMILES string of the molecule is FC(F)(F)C(=C(c1ccccc1)c1ccccc1)c1ccc(Cl)cc1. The third kappa shape index (κ3) is 3.94. The third-order valence-corrected chi connectivity index (χ3v) is 4.04. The first-order valence-corrected chi connectivity index (χ1v) is 8.03.